The number of hydrogen-bond acceptors (Lipinski definition) is 0. The Morgan fingerprint density at radius 3 is 1.75 bits per heavy atom. The molecule has 2 aliphatic rings. The van der Waals surface area contributed by atoms with E-state index in [9.17, 15) is 0 Å². The molecule has 0 aromatic carbocycles. The van der Waals surface area contributed by atoms with Gasteiger partial charge in [0, 0.05) is 0 Å². The summed E-state index contributed by atoms with van der Waals surface area (Å²) in [5, 5.41) is 0. The van der Waals surface area contributed by atoms with Crippen molar-refractivity contribution in [3.8, 4) is 0 Å². The minimum atomic E-state index is 0. The van der Waals surface area contributed by atoms with Gasteiger partial charge in [-0.3, -0.25) is 0 Å². The topological polar surface area (TPSA) is 0 Å². The molecule has 0 spiro atoms. The third kappa shape index (κ3) is 2.58. The second-order valence-corrected chi connectivity index (χ2v) is 5.17. The SMILES string of the molecule is C1=CC[C]([Ti+][C]2=CC=CC2)=C1.[Br-]. The molecule has 0 amide bonds. The molecule has 0 saturated heterocycles. The van der Waals surface area contributed by atoms with Crippen LogP contribution in [0.1, 0.15) is 12.8 Å². The molecule has 61 valence electrons. The van der Waals surface area contributed by atoms with Crippen molar-refractivity contribution < 1.29 is 36.1 Å². The van der Waals surface area contributed by atoms with E-state index in [1.54, 1.807) is 7.76 Å². The predicted octanol–water partition coefficient (Wildman–Crippen LogP) is -0.240. The van der Waals surface area contributed by atoms with Crippen molar-refractivity contribution in [2.75, 3.05) is 0 Å². The van der Waals surface area contributed by atoms with Crippen LogP contribution in [0.5, 0.6) is 0 Å². The smallest absolute Gasteiger partial charge is 1.00 e. The number of rotatable bonds is 2. The van der Waals surface area contributed by atoms with Crippen molar-refractivity contribution in [3.05, 3.63) is 44.2 Å². The molecule has 0 fully saturated rings. The molecule has 0 aliphatic heterocycles. The molecule has 0 aromatic heterocycles. The molecule has 0 saturated carbocycles. The molecule has 0 radical (unpaired) electrons. The van der Waals surface area contributed by atoms with Gasteiger partial charge in [-0.05, 0) is 0 Å². The average Bonchev–Trinajstić information content (AvgIpc) is 2.60. The summed E-state index contributed by atoms with van der Waals surface area (Å²) in [7, 11) is 0. The first-order valence-corrected chi connectivity index (χ1v) is 5.50. The Morgan fingerprint density at radius 2 is 1.42 bits per heavy atom. The number of hydrogen-bond donors (Lipinski definition) is 0. The molecule has 0 bridgehead atoms. The quantitative estimate of drug-likeness (QED) is 0.600. The Balaban J connectivity index is 0.000000720. The predicted molar refractivity (Wildman–Crippen MR) is 43.7 cm³/mol. The van der Waals surface area contributed by atoms with Gasteiger partial charge < -0.3 is 17.0 Å². The average molecular weight is 258 g/mol. The molecular formula is C10H10BrTi. The molecule has 2 heteroatoms. The summed E-state index contributed by atoms with van der Waals surface area (Å²) >= 11 is 0.0833. The van der Waals surface area contributed by atoms with Gasteiger partial charge in [0.25, 0.3) is 0 Å². The van der Waals surface area contributed by atoms with E-state index < -0.39 is 0 Å². The summed E-state index contributed by atoms with van der Waals surface area (Å²) in [6.07, 6.45) is 15.9. The van der Waals surface area contributed by atoms with Gasteiger partial charge in [-0.25, -0.2) is 0 Å². The van der Waals surface area contributed by atoms with E-state index in [0.29, 0.717) is 0 Å². The third-order valence-corrected chi connectivity index (χ3v) is 4.02. The third-order valence-electron chi connectivity index (χ3n) is 1.86. The van der Waals surface area contributed by atoms with Crippen molar-refractivity contribution in [3.63, 3.8) is 0 Å². The maximum Gasteiger partial charge on any atom is -1.00 e. The zero-order chi connectivity index (χ0) is 7.52. The number of halogens is 1. The summed E-state index contributed by atoms with van der Waals surface area (Å²) in [6.45, 7) is 0. The van der Waals surface area contributed by atoms with Crippen LogP contribution in [0.4, 0.5) is 0 Å². The Hall–Kier alpha value is 0.154. The summed E-state index contributed by atoms with van der Waals surface area (Å²) < 4.78 is 3.36. The van der Waals surface area contributed by atoms with Gasteiger partial charge in [-0.2, -0.15) is 0 Å². The van der Waals surface area contributed by atoms with E-state index in [1.165, 1.54) is 12.8 Å². The van der Waals surface area contributed by atoms with Crippen LogP contribution >= 0.6 is 0 Å². The first kappa shape index (κ1) is 10.2. The molecule has 0 N–H and O–H groups in total. The van der Waals surface area contributed by atoms with Crippen LogP contribution in [-0.4, -0.2) is 0 Å². The van der Waals surface area contributed by atoms with Gasteiger partial charge >= 0.3 is 76.2 Å². The van der Waals surface area contributed by atoms with E-state index in [4.69, 9.17) is 0 Å². The molecule has 0 nitrogen and oxygen atoms in total. The second kappa shape index (κ2) is 5.01. The van der Waals surface area contributed by atoms with Gasteiger partial charge in [-0.1, -0.05) is 0 Å². The molecular weight excluding hydrogens is 248 g/mol. The van der Waals surface area contributed by atoms with E-state index in [-0.39, 0.29) is 36.1 Å². The minimum Gasteiger partial charge on any atom is -1.00 e. The Kier molecular flexibility index (Phi) is 4.27. The van der Waals surface area contributed by atoms with Crippen LogP contribution in [-0.2, 0) is 19.2 Å². The van der Waals surface area contributed by atoms with Crippen LogP contribution in [0.15, 0.2) is 44.2 Å². The Labute approximate surface area is 92.8 Å². The van der Waals surface area contributed by atoms with Crippen LogP contribution in [0.25, 0.3) is 0 Å². The summed E-state index contributed by atoms with van der Waals surface area (Å²) in [5.41, 5.74) is 0. The van der Waals surface area contributed by atoms with Crippen molar-refractivity contribution in [2.45, 2.75) is 12.8 Å². The molecule has 0 unspecified atom stereocenters. The van der Waals surface area contributed by atoms with Crippen molar-refractivity contribution in [1.82, 2.24) is 0 Å². The maximum atomic E-state index is 2.29. The van der Waals surface area contributed by atoms with Gasteiger partial charge in [0.15, 0.2) is 0 Å². The maximum absolute atomic E-state index is 2.29. The van der Waals surface area contributed by atoms with E-state index >= 15 is 0 Å². The zero-order valence-corrected chi connectivity index (χ0v) is 9.90. The summed E-state index contributed by atoms with van der Waals surface area (Å²) in [6, 6.07) is 0. The summed E-state index contributed by atoms with van der Waals surface area (Å²) in [4.78, 5) is 0. The second-order valence-electron chi connectivity index (χ2n) is 2.77. The molecule has 2 aliphatic carbocycles. The van der Waals surface area contributed by atoms with Crippen molar-refractivity contribution in [1.29, 1.82) is 0 Å². The van der Waals surface area contributed by atoms with Gasteiger partial charge in [0.2, 0.25) is 0 Å². The number of allylic oxidation sites excluding steroid dienone is 8. The summed E-state index contributed by atoms with van der Waals surface area (Å²) in [5.74, 6) is 0. The minimum absolute atomic E-state index is 0. The Bertz CT molecular complexity index is 244. The van der Waals surface area contributed by atoms with Crippen LogP contribution < -0.4 is 17.0 Å². The van der Waals surface area contributed by atoms with Gasteiger partial charge in [0.1, 0.15) is 0 Å². The van der Waals surface area contributed by atoms with Crippen molar-refractivity contribution in [2.24, 2.45) is 0 Å². The van der Waals surface area contributed by atoms with Crippen LogP contribution in [0.2, 0.25) is 0 Å². The molecule has 0 atom stereocenters. The fraction of sp³-hybridized carbons (Fsp3) is 0.200. The van der Waals surface area contributed by atoms with Gasteiger partial charge in [0.05, 0.1) is 0 Å². The molecule has 0 aromatic rings. The normalized spacial score (nSPS) is 18.3. The fourth-order valence-corrected chi connectivity index (χ4v) is 3.18. The standard InChI is InChI=1S/2C5H5.BrH.Ti/c2*1-2-4-5-3-1;;/h2*1-3H,4H2;1H;/q;;;+1/p-1. The van der Waals surface area contributed by atoms with E-state index in [2.05, 4.69) is 36.5 Å². The first-order valence-electron chi connectivity index (χ1n) is 3.93. The largest absolute Gasteiger partial charge is 1.00 e. The molecule has 2 rings (SSSR count). The van der Waals surface area contributed by atoms with E-state index in [0.717, 1.165) is 0 Å². The van der Waals surface area contributed by atoms with Crippen LogP contribution in [0.3, 0.4) is 0 Å². The van der Waals surface area contributed by atoms with Crippen molar-refractivity contribution >= 4 is 0 Å². The molecule has 12 heavy (non-hydrogen) atoms. The van der Waals surface area contributed by atoms with Crippen LogP contribution in [0, 0.1) is 0 Å². The monoisotopic (exact) mass is 257 g/mol. The first-order chi connectivity index (χ1) is 5.45. The van der Waals surface area contributed by atoms with Gasteiger partial charge in [-0.15, -0.1) is 0 Å². The zero-order valence-electron chi connectivity index (χ0n) is 6.76. The fourth-order valence-electron chi connectivity index (χ4n) is 1.29. The molecule has 0 heterocycles. The Morgan fingerprint density at radius 1 is 0.917 bits per heavy atom. The van der Waals surface area contributed by atoms with E-state index in [1.807, 2.05) is 0 Å².